The molecule has 0 aliphatic rings. The van der Waals surface area contributed by atoms with Crippen molar-refractivity contribution in [3.05, 3.63) is 78.4 Å². The highest BCUT2D eigenvalue weighted by atomic mass is 19.1. The monoisotopic (exact) mass is 302 g/mol. The van der Waals surface area contributed by atoms with Crippen molar-refractivity contribution in [2.45, 2.75) is 6.92 Å². The molecule has 2 heterocycles. The van der Waals surface area contributed by atoms with Crippen molar-refractivity contribution in [1.29, 1.82) is 0 Å². The third kappa shape index (κ3) is 2.50. The van der Waals surface area contributed by atoms with Crippen LogP contribution in [-0.2, 0) is 0 Å². The van der Waals surface area contributed by atoms with Gasteiger partial charge in [0.15, 0.2) is 0 Å². The number of pyridine rings is 1. The van der Waals surface area contributed by atoms with E-state index in [2.05, 4.69) is 47.2 Å². The van der Waals surface area contributed by atoms with E-state index in [0.29, 0.717) is 0 Å². The summed E-state index contributed by atoms with van der Waals surface area (Å²) in [6, 6.07) is 17.0. The van der Waals surface area contributed by atoms with Crippen molar-refractivity contribution in [3.63, 3.8) is 0 Å². The van der Waals surface area contributed by atoms with Gasteiger partial charge in [0.2, 0.25) is 0 Å². The zero-order chi connectivity index (χ0) is 15.8. The number of hydrogen-bond acceptors (Lipinski definition) is 1. The summed E-state index contributed by atoms with van der Waals surface area (Å²) in [4.78, 5) is 7.68. The molecule has 0 amide bonds. The average molecular weight is 302 g/mol. The molecule has 4 rings (SSSR count). The van der Waals surface area contributed by atoms with E-state index in [1.807, 2.05) is 12.3 Å². The molecule has 2 aromatic carbocycles. The largest absolute Gasteiger partial charge is 0.346 e. The normalized spacial score (nSPS) is 11.0. The Kier molecular flexibility index (Phi) is 3.19. The Morgan fingerprint density at radius 2 is 1.74 bits per heavy atom. The molecule has 2 aromatic heterocycles. The van der Waals surface area contributed by atoms with Gasteiger partial charge in [-0.25, -0.2) is 9.37 Å². The molecule has 0 atom stereocenters. The number of rotatable bonds is 2. The van der Waals surface area contributed by atoms with Gasteiger partial charge in [-0.15, -0.1) is 0 Å². The molecule has 2 nitrogen and oxygen atoms in total. The summed E-state index contributed by atoms with van der Waals surface area (Å²) >= 11 is 0. The number of hydrogen-bond donors (Lipinski definition) is 1. The Bertz CT molecular complexity index is 984. The third-order valence-corrected chi connectivity index (χ3v) is 4.05. The fraction of sp³-hybridized carbons (Fsp3) is 0.0500. The van der Waals surface area contributed by atoms with Gasteiger partial charge in [-0.05, 0) is 36.2 Å². The Morgan fingerprint density at radius 3 is 2.52 bits per heavy atom. The lowest BCUT2D eigenvalue weighted by Crippen LogP contribution is -1.84. The van der Waals surface area contributed by atoms with E-state index in [1.54, 1.807) is 12.3 Å². The van der Waals surface area contributed by atoms with Gasteiger partial charge in [-0.3, -0.25) is 0 Å². The second-order valence-electron chi connectivity index (χ2n) is 5.70. The van der Waals surface area contributed by atoms with Gasteiger partial charge in [0.25, 0.3) is 0 Å². The molecule has 0 saturated heterocycles. The van der Waals surface area contributed by atoms with Crippen LogP contribution in [0.4, 0.5) is 4.39 Å². The Balaban J connectivity index is 1.88. The molecule has 0 aliphatic heterocycles. The third-order valence-electron chi connectivity index (χ3n) is 4.05. The summed E-state index contributed by atoms with van der Waals surface area (Å²) in [6.07, 6.45) is 3.74. The van der Waals surface area contributed by atoms with Crippen LogP contribution in [-0.4, -0.2) is 9.97 Å². The summed E-state index contributed by atoms with van der Waals surface area (Å²) < 4.78 is 13.5. The minimum absolute atomic E-state index is 0.240. The van der Waals surface area contributed by atoms with Crippen LogP contribution in [0.2, 0.25) is 0 Å². The number of H-pyrrole nitrogens is 1. The van der Waals surface area contributed by atoms with Crippen molar-refractivity contribution in [2.75, 3.05) is 0 Å². The molecular formula is C20H15FN2. The molecule has 0 fully saturated rings. The topological polar surface area (TPSA) is 28.7 Å². The molecule has 4 aromatic rings. The van der Waals surface area contributed by atoms with Gasteiger partial charge in [-0.1, -0.05) is 42.0 Å². The van der Waals surface area contributed by atoms with E-state index in [0.717, 1.165) is 33.3 Å². The van der Waals surface area contributed by atoms with Gasteiger partial charge in [0, 0.05) is 28.9 Å². The van der Waals surface area contributed by atoms with Crippen LogP contribution < -0.4 is 0 Å². The quantitative estimate of drug-likeness (QED) is 0.531. The average Bonchev–Trinajstić information content (AvgIpc) is 2.99. The zero-order valence-electron chi connectivity index (χ0n) is 12.7. The van der Waals surface area contributed by atoms with Crippen molar-refractivity contribution in [2.24, 2.45) is 0 Å². The Morgan fingerprint density at radius 1 is 0.913 bits per heavy atom. The molecule has 0 radical (unpaired) electrons. The van der Waals surface area contributed by atoms with Crippen molar-refractivity contribution in [3.8, 4) is 22.3 Å². The predicted octanol–water partition coefficient (Wildman–Crippen LogP) is 5.34. The first-order valence-electron chi connectivity index (χ1n) is 7.51. The number of halogens is 1. The molecule has 112 valence electrons. The molecule has 0 bridgehead atoms. The number of aromatic nitrogens is 2. The lowest BCUT2D eigenvalue weighted by atomic mass is 10.0. The minimum Gasteiger partial charge on any atom is -0.346 e. The maximum atomic E-state index is 13.5. The first-order valence-corrected chi connectivity index (χ1v) is 7.51. The van der Waals surface area contributed by atoms with Gasteiger partial charge < -0.3 is 4.98 Å². The molecule has 1 N–H and O–H groups in total. The van der Waals surface area contributed by atoms with Crippen LogP contribution in [0.5, 0.6) is 0 Å². The predicted molar refractivity (Wildman–Crippen MR) is 91.7 cm³/mol. The van der Waals surface area contributed by atoms with Crippen LogP contribution in [0.25, 0.3) is 33.3 Å². The number of fused-ring (bicyclic) bond motifs is 1. The first-order chi connectivity index (χ1) is 11.2. The van der Waals surface area contributed by atoms with Crippen molar-refractivity contribution >= 4 is 11.0 Å². The van der Waals surface area contributed by atoms with E-state index in [9.17, 15) is 4.39 Å². The summed E-state index contributed by atoms with van der Waals surface area (Å²) in [7, 11) is 0. The maximum Gasteiger partial charge on any atom is 0.137 e. The standard InChI is InChI=1S/C20H15FN2/c1-13-5-7-14(8-6-13)19-12-23-20-18(19)10-16(11-22-20)15-3-2-4-17(21)9-15/h2-12H,1H3,(H,22,23). The molecule has 23 heavy (non-hydrogen) atoms. The van der Waals surface area contributed by atoms with E-state index in [-0.39, 0.29) is 5.82 Å². The lowest BCUT2D eigenvalue weighted by Gasteiger charge is -2.04. The molecule has 0 saturated carbocycles. The van der Waals surface area contributed by atoms with Crippen molar-refractivity contribution < 1.29 is 4.39 Å². The SMILES string of the molecule is Cc1ccc(-c2c[nH]c3ncc(-c4cccc(F)c4)cc23)cc1. The van der Waals surface area contributed by atoms with Crippen LogP contribution in [0.3, 0.4) is 0 Å². The Labute approximate surface area is 133 Å². The van der Waals surface area contributed by atoms with E-state index in [4.69, 9.17) is 0 Å². The molecule has 0 aliphatic carbocycles. The minimum atomic E-state index is -0.240. The van der Waals surface area contributed by atoms with E-state index in [1.165, 1.54) is 17.7 Å². The van der Waals surface area contributed by atoms with Crippen LogP contribution >= 0.6 is 0 Å². The van der Waals surface area contributed by atoms with Crippen LogP contribution in [0, 0.1) is 12.7 Å². The number of aryl methyl sites for hydroxylation is 1. The zero-order valence-corrected chi connectivity index (χ0v) is 12.7. The van der Waals surface area contributed by atoms with Gasteiger partial charge in [-0.2, -0.15) is 0 Å². The summed E-state index contributed by atoms with van der Waals surface area (Å²) in [5.74, 6) is -0.240. The number of aromatic amines is 1. The summed E-state index contributed by atoms with van der Waals surface area (Å²) in [6.45, 7) is 2.07. The van der Waals surface area contributed by atoms with E-state index >= 15 is 0 Å². The Hall–Kier alpha value is -2.94. The molecule has 0 spiro atoms. The smallest absolute Gasteiger partial charge is 0.137 e. The molecular weight excluding hydrogens is 287 g/mol. The van der Waals surface area contributed by atoms with Crippen LogP contribution in [0.1, 0.15) is 5.56 Å². The number of benzene rings is 2. The molecule has 0 unspecified atom stereocenters. The fourth-order valence-electron chi connectivity index (χ4n) is 2.80. The van der Waals surface area contributed by atoms with Crippen LogP contribution in [0.15, 0.2) is 67.0 Å². The first kappa shape index (κ1) is 13.7. The maximum absolute atomic E-state index is 13.5. The highest BCUT2D eigenvalue weighted by molar-refractivity contribution is 5.95. The molecule has 3 heteroatoms. The second kappa shape index (κ2) is 5.36. The van der Waals surface area contributed by atoms with E-state index < -0.39 is 0 Å². The summed E-state index contributed by atoms with van der Waals surface area (Å²) in [5.41, 5.74) is 6.04. The van der Waals surface area contributed by atoms with Gasteiger partial charge in [0.1, 0.15) is 11.5 Å². The lowest BCUT2D eigenvalue weighted by molar-refractivity contribution is 0.628. The van der Waals surface area contributed by atoms with Gasteiger partial charge >= 0.3 is 0 Å². The summed E-state index contributed by atoms with van der Waals surface area (Å²) in [5, 5.41) is 1.04. The highest BCUT2D eigenvalue weighted by Gasteiger charge is 2.09. The van der Waals surface area contributed by atoms with Crippen molar-refractivity contribution in [1.82, 2.24) is 9.97 Å². The number of nitrogens with one attached hydrogen (secondary N) is 1. The fourth-order valence-corrected chi connectivity index (χ4v) is 2.80. The second-order valence-corrected chi connectivity index (χ2v) is 5.70. The van der Waals surface area contributed by atoms with Gasteiger partial charge in [0.05, 0.1) is 0 Å². The number of nitrogens with zero attached hydrogens (tertiary/aromatic N) is 1. The highest BCUT2D eigenvalue weighted by Crippen LogP contribution is 2.31.